The number of hydrogen-bond acceptors (Lipinski definition) is 3. The molecule has 1 atom stereocenters. The van der Waals surface area contributed by atoms with Crippen molar-refractivity contribution in [3.63, 3.8) is 0 Å². The summed E-state index contributed by atoms with van der Waals surface area (Å²) >= 11 is 0. The molecular weight excluding hydrogens is 276 g/mol. The van der Waals surface area contributed by atoms with E-state index in [2.05, 4.69) is 17.1 Å². The number of carbonyl (C=O) groups is 1. The summed E-state index contributed by atoms with van der Waals surface area (Å²) < 4.78 is 5.58. The fourth-order valence-electron chi connectivity index (χ4n) is 2.61. The molecule has 1 unspecified atom stereocenters. The zero-order valence-corrected chi connectivity index (χ0v) is 12.9. The zero-order valence-electron chi connectivity index (χ0n) is 12.9. The number of ether oxygens (including phenoxy) is 1. The second-order valence-electron chi connectivity index (χ2n) is 5.46. The zero-order chi connectivity index (χ0) is 15.5. The molecule has 4 nitrogen and oxygen atoms in total. The third-order valence-corrected chi connectivity index (χ3v) is 4.05. The molecule has 114 valence electrons. The molecule has 0 radical (unpaired) electrons. The molecule has 0 saturated heterocycles. The number of amides is 1. The second-order valence-corrected chi connectivity index (χ2v) is 5.46. The highest BCUT2D eigenvalue weighted by atomic mass is 16.5. The van der Waals surface area contributed by atoms with Gasteiger partial charge in [0.25, 0.3) is 0 Å². The average molecular weight is 296 g/mol. The van der Waals surface area contributed by atoms with Crippen molar-refractivity contribution in [1.82, 2.24) is 0 Å². The van der Waals surface area contributed by atoms with Gasteiger partial charge < -0.3 is 15.0 Å². The van der Waals surface area contributed by atoms with Gasteiger partial charge in [0.2, 0.25) is 5.91 Å². The Labute approximate surface area is 130 Å². The summed E-state index contributed by atoms with van der Waals surface area (Å²) in [5.74, 6) is 0.534. The lowest BCUT2D eigenvalue weighted by Gasteiger charge is -2.18. The smallest absolute Gasteiger partial charge is 0.235 e. The van der Waals surface area contributed by atoms with E-state index in [9.17, 15) is 4.79 Å². The van der Waals surface area contributed by atoms with E-state index in [4.69, 9.17) is 4.74 Å². The minimum Gasteiger partial charge on any atom is -0.492 e. The van der Waals surface area contributed by atoms with E-state index in [1.54, 1.807) is 0 Å². The molecule has 0 aliphatic carbocycles. The monoisotopic (exact) mass is 296 g/mol. The summed E-state index contributed by atoms with van der Waals surface area (Å²) in [4.78, 5) is 14.7. The van der Waals surface area contributed by atoms with Crippen LogP contribution < -0.4 is 15.0 Å². The highest BCUT2D eigenvalue weighted by Crippen LogP contribution is 2.34. The molecule has 2 aromatic carbocycles. The number of benzene rings is 2. The number of para-hydroxylation sites is 1. The van der Waals surface area contributed by atoms with Crippen LogP contribution in [-0.4, -0.2) is 26.1 Å². The Kier molecular flexibility index (Phi) is 4.00. The van der Waals surface area contributed by atoms with Crippen molar-refractivity contribution >= 4 is 17.3 Å². The first-order valence-electron chi connectivity index (χ1n) is 7.53. The topological polar surface area (TPSA) is 41.6 Å². The van der Waals surface area contributed by atoms with E-state index in [-0.39, 0.29) is 11.8 Å². The first kappa shape index (κ1) is 14.4. The summed E-state index contributed by atoms with van der Waals surface area (Å²) in [7, 11) is 2.03. The molecule has 1 heterocycles. The lowest BCUT2D eigenvalue weighted by atomic mass is 10.0. The van der Waals surface area contributed by atoms with Crippen molar-refractivity contribution in [3.8, 4) is 5.75 Å². The normalized spacial score (nSPS) is 15.8. The van der Waals surface area contributed by atoms with Crippen LogP contribution in [0.25, 0.3) is 0 Å². The number of nitrogens with zero attached hydrogens (tertiary/aromatic N) is 1. The van der Waals surface area contributed by atoms with Crippen molar-refractivity contribution in [2.45, 2.75) is 12.8 Å². The molecule has 22 heavy (non-hydrogen) atoms. The first-order valence-corrected chi connectivity index (χ1v) is 7.53. The van der Waals surface area contributed by atoms with Crippen LogP contribution in [0.3, 0.4) is 0 Å². The minimum absolute atomic E-state index is 0.0266. The van der Waals surface area contributed by atoms with E-state index in [0.29, 0.717) is 6.61 Å². The fraction of sp³-hybridized carbons (Fsp3) is 0.278. The number of rotatable bonds is 4. The molecule has 4 heteroatoms. The van der Waals surface area contributed by atoms with Crippen molar-refractivity contribution in [2.24, 2.45) is 0 Å². The van der Waals surface area contributed by atoms with Crippen LogP contribution in [0.1, 0.15) is 18.4 Å². The Morgan fingerprint density at radius 3 is 2.91 bits per heavy atom. The van der Waals surface area contributed by atoms with Gasteiger partial charge >= 0.3 is 0 Å². The summed E-state index contributed by atoms with van der Waals surface area (Å²) in [6, 6.07) is 15.6. The molecule has 0 saturated carbocycles. The van der Waals surface area contributed by atoms with Gasteiger partial charge in [-0.15, -0.1) is 0 Å². The third kappa shape index (κ3) is 2.77. The molecule has 0 aromatic heterocycles. The van der Waals surface area contributed by atoms with Crippen molar-refractivity contribution < 1.29 is 9.53 Å². The highest BCUT2D eigenvalue weighted by molar-refractivity contribution is 5.97. The van der Waals surface area contributed by atoms with Gasteiger partial charge in [-0.1, -0.05) is 24.3 Å². The van der Waals surface area contributed by atoms with Gasteiger partial charge in [-0.25, -0.2) is 0 Å². The number of anilines is 2. The predicted octanol–water partition coefficient (Wildman–Crippen LogP) is 3.26. The van der Waals surface area contributed by atoms with Gasteiger partial charge in [-0.2, -0.15) is 0 Å². The Hall–Kier alpha value is -2.49. The van der Waals surface area contributed by atoms with Gasteiger partial charge in [0.15, 0.2) is 0 Å². The number of hydrogen-bond donors (Lipinski definition) is 1. The molecule has 0 fully saturated rings. The quantitative estimate of drug-likeness (QED) is 0.941. The average Bonchev–Trinajstić information content (AvgIpc) is 2.98. The molecular formula is C18H20N2O2. The van der Waals surface area contributed by atoms with Crippen LogP contribution in [0.2, 0.25) is 0 Å². The standard InChI is InChI=1S/C18H20N2O2/c1-3-20(2)14-8-6-7-13(11-14)19-18(21)16-12-22-17-10-5-4-9-15(16)17/h4-11,16H,3,12H2,1-2H3,(H,19,21). The number of fused-ring (bicyclic) bond motifs is 1. The van der Waals surface area contributed by atoms with E-state index >= 15 is 0 Å². The third-order valence-electron chi connectivity index (χ3n) is 4.05. The van der Waals surface area contributed by atoms with Crippen LogP contribution >= 0.6 is 0 Å². The Balaban J connectivity index is 1.76. The maximum Gasteiger partial charge on any atom is 0.235 e. The summed E-state index contributed by atoms with van der Waals surface area (Å²) in [6.45, 7) is 3.42. The van der Waals surface area contributed by atoms with Gasteiger partial charge in [-0.05, 0) is 31.2 Å². The van der Waals surface area contributed by atoms with Gasteiger partial charge in [0.05, 0.1) is 0 Å². The van der Waals surface area contributed by atoms with Crippen molar-refractivity contribution in [1.29, 1.82) is 0 Å². The molecule has 0 spiro atoms. The van der Waals surface area contributed by atoms with Crippen LogP contribution in [0.4, 0.5) is 11.4 Å². The lowest BCUT2D eigenvalue weighted by molar-refractivity contribution is -0.117. The lowest BCUT2D eigenvalue weighted by Crippen LogP contribution is -2.22. The number of nitrogens with one attached hydrogen (secondary N) is 1. The fourth-order valence-corrected chi connectivity index (χ4v) is 2.61. The van der Waals surface area contributed by atoms with Crippen molar-refractivity contribution in [3.05, 3.63) is 54.1 Å². The molecule has 1 N–H and O–H groups in total. The maximum atomic E-state index is 12.5. The second kappa shape index (κ2) is 6.10. The summed E-state index contributed by atoms with van der Waals surface area (Å²) in [6.07, 6.45) is 0. The van der Waals surface area contributed by atoms with Crippen LogP contribution in [0, 0.1) is 0 Å². The largest absolute Gasteiger partial charge is 0.492 e. The van der Waals surface area contributed by atoms with E-state index in [0.717, 1.165) is 29.2 Å². The van der Waals surface area contributed by atoms with Crippen LogP contribution in [0.5, 0.6) is 5.75 Å². The molecule has 1 aliphatic heterocycles. The Morgan fingerprint density at radius 1 is 1.27 bits per heavy atom. The van der Waals surface area contributed by atoms with Crippen LogP contribution in [0.15, 0.2) is 48.5 Å². The number of carbonyl (C=O) groups excluding carboxylic acids is 1. The van der Waals surface area contributed by atoms with Crippen molar-refractivity contribution in [2.75, 3.05) is 30.4 Å². The highest BCUT2D eigenvalue weighted by Gasteiger charge is 2.30. The molecule has 2 aromatic rings. The van der Waals surface area contributed by atoms with E-state index < -0.39 is 0 Å². The molecule has 0 bridgehead atoms. The minimum atomic E-state index is -0.247. The molecule has 1 amide bonds. The van der Waals surface area contributed by atoms with Gasteiger partial charge in [-0.3, -0.25) is 4.79 Å². The van der Waals surface area contributed by atoms with Gasteiger partial charge in [0.1, 0.15) is 18.3 Å². The predicted molar refractivity (Wildman–Crippen MR) is 88.7 cm³/mol. The summed E-state index contributed by atoms with van der Waals surface area (Å²) in [5, 5.41) is 3.00. The molecule has 1 aliphatic rings. The summed E-state index contributed by atoms with van der Waals surface area (Å²) in [5.41, 5.74) is 2.86. The molecule has 3 rings (SSSR count). The SMILES string of the molecule is CCN(C)c1cccc(NC(=O)C2COc3ccccc32)c1. The van der Waals surface area contributed by atoms with Crippen LogP contribution in [-0.2, 0) is 4.79 Å². The Morgan fingerprint density at radius 2 is 2.09 bits per heavy atom. The maximum absolute atomic E-state index is 12.5. The first-order chi connectivity index (χ1) is 10.7. The van der Waals surface area contributed by atoms with Gasteiger partial charge in [0, 0.05) is 30.5 Å². The Bertz CT molecular complexity index is 684. The van der Waals surface area contributed by atoms with E-state index in [1.807, 2.05) is 55.6 Å². The van der Waals surface area contributed by atoms with E-state index in [1.165, 1.54) is 0 Å².